The van der Waals surface area contributed by atoms with E-state index in [1.807, 2.05) is 19.1 Å². The fourth-order valence-electron chi connectivity index (χ4n) is 0.969. The summed E-state index contributed by atoms with van der Waals surface area (Å²) in [4.78, 5) is 11.2. The van der Waals surface area contributed by atoms with Gasteiger partial charge in [-0.2, -0.15) is 0 Å². The van der Waals surface area contributed by atoms with Crippen LogP contribution in [0.15, 0.2) is 24.3 Å². The first-order chi connectivity index (χ1) is 6.63. The molecule has 1 atom stereocenters. The number of rotatable bonds is 3. The number of hydrogen-bond donors (Lipinski definition) is 3. The zero-order valence-corrected chi connectivity index (χ0v) is 8.03. The van der Waals surface area contributed by atoms with Crippen LogP contribution in [0.3, 0.4) is 0 Å². The summed E-state index contributed by atoms with van der Waals surface area (Å²) >= 11 is 0. The minimum atomic E-state index is -1.14. The summed E-state index contributed by atoms with van der Waals surface area (Å²) in [5.74, 6) is -0.476. The molecule has 1 unspecified atom stereocenters. The van der Waals surface area contributed by atoms with Gasteiger partial charge in [-0.25, -0.2) is 0 Å². The van der Waals surface area contributed by atoms with Gasteiger partial charge in [0.25, 0.3) is 5.91 Å². The van der Waals surface area contributed by atoms with Gasteiger partial charge in [-0.05, 0) is 19.1 Å². The average Bonchev–Trinajstić information content (AvgIpc) is 2.20. The molecule has 1 amide bonds. The molecule has 76 valence electrons. The largest absolute Gasteiger partial charge is 0.382 e. The third-order valence-corrected chi connectivity index (χ3v) is 1.85. The highest BCUT2D eigenvalue weighted by molar-refractivity contribution is 5.94. The highest BCUT2D eigenvalue weighted by atomic mass is 16.3. The third kappa shape index (κ3) is 2.83. The number of carbonyl (C=O) groups is 1. The van der Waals surface area contributed by atoms with Crippen molar-refractivity contribution in [3.05, 3.63) is 29.8 Å². The van der Waals surface area contributed by atoms with Crippen LogP contribution in [0, 0.1) is 6.92 Å². The zero-order valence-electron chi connectivity index (χ0n) is 8.03. The quantitative estimate of drug-likeness (QED) is 0.645. The number of anilines is 1. The lowest BCUT2D eigenvalue weighted by Crippen LogP contribution is -2.34. The molecule has 0 spiro atoms. The topological polar surface area (TPSA) is 75.3 Å². The summed E-state index contributed by atoms with van der Waals surface area (Å²) in [6, 6.07) is 7.31. The van der Waals surface area contributed by atoms with Crippen molar-refractivity contribution in [2.45, 2.75) is 13.0 Å². The fraction of sp³-hybridized carbons (Fsp3) is 0.300. The molecule has 14 heavy (non-hydrogen) atoms. The van der Waals surface area contributed by atoms with Crippen molar-refractivity contribution < 1.29 is 9.90 Å². The van der Waals surface area contributed by atoms with Crippen molar-refractivity contribution in [2.75, 3.05) is 11.9 Å². The standard InChI is InChI=1S/C10H14N2O2/c1-7-2-4-8(5-3-7)12-10(14)9(13)6-11/h2-5,9,13H,6,11H2,1H3,(H,12,14). The Bertz CT molecular complexity index is 308. The number of aliphatic hydroxyl groups is 1. The van der Waals surface area contributed by atoms with E-state index in [0.29, 0.717) is 5.69 Å². The number of amides is 1. The Labute approximate surface area is 82.7 Å². The van der Waals surface area contributed by atoms with Crippen LogP contribution in [0.5, 0.6) is 0 Å². The number of aliphatic hydroxyl groups excluding tert-OH is 1. The molecule has 0 saturated carbocycles. The molecule has 0 fully saturated rings. The molecule has 0 aliphatic rings. The molecule has 0 radical (unpaired) electrons. The van der Waals surface area contributed by atoms with Crippen LogP contribution in [-0.4, -0.2) is 23.7 Å². The van der Waals surface area contributed by atoms with E-state index < -0.39 is 12.0 Å². The van der Waals surface area contributed by atoms with Gasteiger partial charge < -0.3 is 16.2 Å². The number of aryl methyl sites for hydroxylation is 1. The van der Waals surface area contributed by atoms with E-state index in [0.717, 1.165) is 5.56 Å². The smallest absolute Gasteiger partial charge is 0.254 e. The normalized spacial score (nSPS) is 12.2. The molecule has 0 aliphatic heterocycles. The Balaban J connectivity index is 2.60. The molecule has 0 bridgehead atoms. The van der Waals surface area contributed by atoms with Crippen LogP contribution in [0.4, 0.5) is 5.69 Å². The van der Waals surface area contributed by atoms with Crippen molar-refractivity contribution in [1.82, 2.24) is 0 Å². The Hall–Kier alpha value is -1.39. The zero-order chi connectivity index (χ0) is 10.6. The molecule has 0 aliphatic carbocycles. The second-order valence-corrected chi connectivity index (χ2v) is 3.11. The predicted octanol–water partition coefficient (Wildman–Crippen LogP) is 0.253. The summed E-state index contributed by atoms with van der Waals surface area (Å²) in [5, 5.41) is 11.7. The van der Waals surface area contributed by atoms with Crippen LogP contribution in [0.2, 0.25) is 0 Å². The summed E-state index contributed by atoms with van der Waals surface area (Å²) in [5.41, 5.74) is 6.91. The molecule has 0 heterocycles. The lowest BCUT2D eigenvalue weighted by atomic mass is 10.2. The molecule has 1 aromatic rings. The molecule has 4 nitrogen and oxygen atoms in total. The van der Waals surface area contributed by atoms with Crippen LogP contribution < -0.4 is 11.1 Å². The second-order valence-electron chi connectivity index (χ2n) is 3.11. The number of carbonyl (C=O) groups excluding carboxylic acids is 1. The molecule has 1 rings (SSSR count). The first kappa shape index (κ1) is 10.7. The van der Waals surface area contributed by atoms with Gasteiger partial charge in [0.2, 0.25) is 0 Å². The van der Waals surface area contributed by atoms with Crippen LogP contribution in [0.1, 0.15) is 5.56 Å². The van der Waals surface area contributed by atoms with Crippen molar-refractivity contribution in [2.24, 2.45) is 5.73 Å². The SMILES string of the molecule is Cc1ccc(NC(=O)C(O)CN)cc1. The molecular weight excluding hydrogens is 180 g/mol. The van der Waals surface area contributed by atoms with E-state index in [4.69, 9.17) is 10.8 Å². The first-order valence-electron chi connectivity index (χ1n) is 4.39. The number of nitrogens with one attached hydrogen (secondary N) is 1. The highest BCUT2D eigenvalue weighted by Crippen LogP contribution is 2.08. The van der Waals surface area contributed by atoms with Crippen molar-refractivity contribution in [3.63, 3.8) is 0 Å². The van der Waals surface area contributed by atoms with Crippen molar-refractivity contribution in [3.8, 4) is 0 Å². The lowest BCUT2D eigenvalue weighted by Gasteiger charge is -2.08. The molecule has 4 N–H and O–H groups in total. The Kier molecular flexibility index (Phi) is 3.62. The van der Waals surface area contributed by atoms with E-state index in [1.165, 1.54) is 0 Å². The van der Waals surface area contributed by atoms with E-state index in [1.54, 1.807) is 12.1 Å². The summed E-state index contributed by atoms with van der Waals surface area (Å²) in [6.07, 6.45) is -1.14. The molecule has 0 saturated heterocycles. The van der Waals surface area contributed by atoms with E-state index in [9.17, 15) is 4.79 Å². The van der Waals surface area contributed by atoms with Gasteiger partial charge in [-0.1, -0.05) is 17.7 Å². The van der Waals surface area contributed by atoms with Gasteiger partial charge in [0.15, 0.2) is 0 Å². The Morgan fingerprint density at radius 3 is 2.57 bits per heavy atom. The summed E-state index contributed by atoms with van der Waals surface area (Å²) in [6.45, 7) is 1.89. The maximum absolute atomic E-state index is 11.2. The van der Waals surface area contributed by atoms with Gasteiger partial charge in [-0.3, -0.25) is 4.79 Å². The van der Waals surface area contributed by atoms with Gasteiger partial charge in [-0.15, -0.1) is 0 Å². The van der Waals surface area contributed by atoms with Gasteiger partial charge in [0, 0.05) is 12.2 Å². The molecule has 4 heteroatoms. The van der Waals surface area contributed by atoms with Gasteiger partial charge in [0.1, 0.15) is 6.10 Å². The Morgan fingerprint density at radius 2 is 2.07 bits per heavy atom. The molecule has 1 aromatic carbocycles. The predicted molar refractivity (Wildman–Crippen MR) is 54.9 cm³/mol. The van der Waals surface area contributed by atoms with Gasteiger partial charge in [0.05, 0.1) is 0 Å². The van der Waals surface area contributed by atoms with Crippen molar-refractivity contribution >= 4 is 11.6 Å². The average molecular weight is 194 g/mol. The van der Waals surface area contributed by atoms with Crippen LogP contribution in [-0.2, 0) is 4.79 Å². The van der Waals surface area contributed by atoms with E-state index >= 15 is 0 Å². The lowest BCUT2D eigenvalue weighted by molar-refractivity contribution is -0.123. The van der Waals surface area contributed by atoms with Gasteiger partial charge >= 0.3 is 0 Å². The summed E-state index contributed by atoms with van der Waals surface area (Å²) in [7, 11) is 0. The molecular formula is C10H14N2O2. The Morgan fingerprint density at radius 1 is 1.50 bits per heavy atom. The minimum Gasteiger partial charge on any atom is -0.382 e. The maximum atomic E-state index is 11.2. The van der Waals surface area contributed by atoms with E-state index in [2.05, 4.69) is 5.32 Å². The van der Waals surface area contributed by atoms with Crippen LogP contribution >= 0.6 is 0 Å². The number of benzene rings is 1. The number of hydrogen-bond acceptors (Lipinski definition) is 3. The number of nitrogens with two attached hydrogens (primary N) is 1. The van der Waals surface area contributed by atoms with E-state index in [-0.39, 0.29) is 6.54 Å². The maximum Gasteiger partial charge on any atom is 0.254 e. The first-order valence-corrected chi connectivity index (χ1v) is 4.39. The highest BCUT2D eigenvalue weighted by Gasteiger charge is 2.12. The minimum absolute atomic E-state index is 0.0717. The fourth-order valence-corrected chi connectivity index (χ4v) is 0.969. The third-order valence-electron chi connectivity index (χ3n) is 1.85. The van der Waals surface area contributed by atoms with Crippen LogP contribution in [0.25, 0.3) is 0 Å². The summed E-state index contributed by atoms with van der Waals surface area (Å²) < 4.78 is 0. The monoisotopic (exact) mass is 194 g/mol. The van der Waals surface area contributed by atoms with Crippen molar-refractivity contribution in [1.29, 1.82) is 0 Å². The molecule has 0 aromatic heterocycles. The second kappa shape index (κ2) is 4.74.